The molecule has 0 N–H and O–H groups in total. The van der Waals surface area contributed by atoms with Crippen LogP contribution in [0.2, 0.25) is 0 Å². The molecule has 0 unspecified atom stereocenters. The molecule has 10 heavy (non-hydrogen) atoms. The van der Waals surface area contributed by atoms with E-state index in [1.54, 1.807) is 0 Å². The second-order valence-electron chi connectivity index (χ2n) is 2.82. The van der Waals surface area contributed by atoms with Crippen molar-refractivity contribution < 1.29 is 0 Å². The fourth-order valence-corrected chi connectivity index (χ4v) is 0.995. The molecule has 0 aliphatic heterocycles. The summed E-state index contributed by atoms with van der Waals surface area (Å²) >= 11 is 0. The highest BCUT2D eigenvalue weighted by molar-refractivity contribution is 4.95. The molecular formula is C9H19N. The van der Waals surface area contributed by atoms with Gasteiger partial charge >= 0.3 is 0 Å². The van der Waals surface area contributed by atoms with E-state index in [1.807, 2.05) is 0 Å². The average molecular weight is 141 g/mol. The SMILES string of the molecule is C=C(C(C)C)N(CC)CC. The van der Waals surface area contributed by atoms with Crippen LogP contribution in [0.5, 0.6) is 0 Å². The molecule has 0 aromatic rings. The molecule has 1 nitrogen and oxygen atoms in total. The minimum atomic E-state index is 0.583. The molecule has 0 aliphatic carbocycles. The van der Waals surface area contributed by atoms with Gasteiger partial charge in [0.2, 0.25) is 0 Å². The molecule has 0 aromatic heterocycles. The maximum Gasteiger partial charge on any atom is 0.0146 e. The van der Waals surface area contributed by atoms with Crippen LogP contribution in [0.4, 0.5) is 0 Å². The highest BCUT2D eigenvalue weighted by Gasteiger charge is 2.05. The van der Waals surface area contributed by atoms with Crippen molar-refractivity contribution in [3.63, 3.8) is 0 Å². The molecule has 0 radical (unpaired) electrons. The lowest BCUT2D eigenvalue weighted by Gasteiger charge is -2.25. The third-order valence-corrected chi connectivity index (χ3v) is 1.84. The molecule has 0 bridgehead atoms. The standard InChI is InChI=1S/C9H19N/c1-6-10(7-2)9(5)8(3)4/h8H,5-7H2,1-4H3. The van der Waals surface area contributed by atoms with Crippen molar-refractivity contribution >= 4 is 0 Å². The van der Waals surface area contributed by atoms with Gasteiger partial charge in [-0.2, -0.15) is 0 Å². The van der Waals surface area contributed by atoms with Crippen LogP contribution in [0, 0.1) is 5.92 Å². The number of allylic oxidation sites excluding steroid dienone is 1. The Hall–Kier alpha value is -0.460. The quantitative estimate of drug-likeness (QED) is 0.581. The molecule has 0 saturated carbocycles. The molecule has 0 fully saturated rings. The summed E-state index contributed by atoms with van der Waals surface area (Å²) < 4.78 is 0. The van der Waals surface area contributed by atoms with Gasteiger partial charge in [-0.1, -0.05) is 20.4 Å². The van der Waals surface area contributed by atoms with Crippen molar-refractivity contribution in [2.24, 2.45) is 5.92 Å². The molecule has 60 valence electrons. The molecule has 0 atom stereocenters. The van der Waals surface area contributed by atoms with Crippen molar-refractivity contribution in [3.05, 3.63) is 12.3 Å². The lowest BCUT2D eigenvalue weighted by molar-refractivity contribution is 0.346. The first-order valence-corrected chi connectivity index (χ1v) is 4.07. The molecule has 0 spiro atoms. The van der Waals surface area contributed by atoms with Gasteiger partial charge in [0.05, 0.1) is 0 Å². The van der Waals surface area contributed by atoms with Crippen molar-refractivity contribution in [3.8, 4) is 0 Å². The normalized spacial score (nSPS) is 10.1. The summed E-state index contributed by atoms with van der Waals surface area (Å²) in [6, 6.07) is 0. The van der Waals surface area contributed by atoms with Crippen LogP contribution in [0.1, 0.15) is 27.7 Å². The number of nitrogens with zero attached hydrogens (tertiary/aromatic N) is 1. The molecule has 0 aromatic carbocycles. The van der Waals surface area contributed by atoms with Gasteiger partial charge in [0.25, 0.3) is 0 Å². The molecule has 0 rings (SSSR count). The smallest absolute Gasteiger partial charge is 0.0146 e. The van der Waals surface area contributed by atoms with Crippen LogP contribution in [0.3, 0.4) is 0 Å². The van der Waals surface area contributed by atoms with E-state index in [0.29, 0.717) is 5.92 Å². The highest BCUT2D eigenvalue weighted by atomic mass is 15.1. The fourth-order valence-electron chi connectivity index (χ4n) is 0.995. The fraction of sp³-hybridized carbons (Fsp3) is 0.778. The van der Waals surface area contributed by atoms with Crippen LogP contribution in [0.15, 0.2) is 12.3 Å². The zero-order valence-corrected chi connectivity index (χ0v) is 7.65. The van der Waals surface area contributed by atoms with E-state index in [4.69, 9.17) is 0 Å². The van der Waals surface area contributed by atoms with E-state index in [9.17, 15) is 0 Å². The summed E-state index contributed by atoms with van der Waals surface area (Å²) in [4.78, 5) is 2.30. The molecule has 1 heteroatoms. The third-order valence-electron chi connectivity index (χ3n) is 1.84. The summed E-state index contributed by atoms with van der Waals surface area (Å²) in [5, 5.41) is 0. The van der Waals surface area contributed by atoms with Crippen molar-refractivity contribution in [2.75, 3.05) is 13.1 Å². The second-order valence-corrected chi connectivity index (χ2v) is 2.82. The zero-order valence-electron chi connectivity index (χ0n) is 7.65. The molecular weight excluding hydrogens is 122 g/mol. The van der Waals surface area contributed by atoms with E-state index in [-0.39, 0.29) is 0 Å². The van der Waals surface area contributed by atoms with Gasteiger partial charge in [-0.3, -0.25) is 0 Å². The van der Waals surface area contributed by atoms with E-state index in [0.717, 1.165) is 13.1 Å². The lowest BCUT2D eigenvalue weighted by Crippen LogP contribution is -2.24. The van der Waals surface area contributed by atoms with Crippen LogP contribution < -0.4 is 0 Å². The lowest BCUT2D eigenvalue weighted by atomic mass is 10.1. The van der Waals surface area contributed by atoms with Crippen LogP contribution in [-0.2, 0) is 0 Å². The van der Waals surface area contributed by atoms with Crippen molar-refractivity contribution in [2.45, 2.75) is 27.7 Å². The number of rotatable bonds is 4. The third kappa shape index (κ3) is 2.42. The second kappa shape index (κ2) is 4.37. The summed E-state index contributed by atoms with van der Waals surface area (Å²) in [7, 11) is 0. The largest absolute Gasteiger partial charge is 0.376 e. The number of hydrogen-bond donors (Lipinski definition) is 0. The van der Waals surface area contributed by atoms with Gasteiger partial charge in [-0.15, -0.1) is 0 Å². The first-order valence-electron chi connectivity index (χ1n) is 4.07. The van der Waals surface area contributed by atoms with E-state index >= 15 is 0 Å². The predicted octanol–water partition coefficient (Wildman–Crippen LogP) is 2.50. The maximum absolute atomic E-state index is 4.02. The minimum absolute atomic E-state index is 0.583. The average Bonchev–Trinajstić information content (AvgIpc) is 1.90. The Morgan fingerprint density at radius 2 is 1.70 bits per heavy atom. The highest BCUT2D eigenvalue weighted by Crippen LogP contribution is 2.11. The molecule has 0 aliphatic rings. The Bertz CT molecular complexity index is 101. The van der Waals surface area contributed by atoms with E-state index < -0.39 is 0 Å². The summed E-state index contributed by atoms with van der Waals surface area (Å²) in [5.74, 6) is 0.583. The Morgan fingerprint density at radius 1 is 1.30 bits per heavy atom. The van der Waals surface area contributed by atoms with Crippen molar-refractivity contribution in [1.82, 2.24) is 4.90 Å². The van der Waals surface area contributed by atoms with Crippen molar-refractivity contribution in [1.29, 1.82) is 0 Å². The molecule has 0 heterocycles. The van der Waals surface area contributed by atoms with Gasteiger partial charge in [-0.05, 0) is 19.8 Å². The Labute approximate surface area is 64.7 Å². The first kappa shape index (κ1) is 9.54. The minimum Gasteiger partial charge on any atom is -0.376 e. The summed E-state index contributed by atoms with van der Waals surface area (Å²) in [5.41, 5.74) is 1.25. The Morgan fingerprint density at radius 3 is 1.80 bits per heavy atom. The first-order chi connectivity index (χ1) is 4.63. The topological polar surface area (TPSA) is 3.24 Å². The summed E-state index contributed by atoms with van der Waals surface area (Å²) in [6.45, 7) is 14.9. The van der Waals surface area contributed by atoms with E-state index in [2.05, 4.69) is 39.2 Å². The van der Waals surface area contributed by atoms with Gasteiger partial charge in [0.1, 0.15) is 0 Å². The van der Waals surface area contributed by atoms with E-state index in [1.165, 1.54) is 5.70 Å². The van der Waals surface area contributed by atoms with Gasteiger partial charge in [-0.25, -0.2) is 0 Å². The predicted molar refractivity (Wildman–Crippen MR) is 46.9 cm³/mol. The zero-order chi connectivity index (χ0) is 8.15. The monoisotopic (exact) mass is 141 g/mol. The molecule has 0 saturated heterocycles. The van der Waals surface area contributed by atoms with Gasteiger partial charge in [0, 0.05) is 18.8 Å². The van der Waals surface area contributed by atoms with Gasteiger partial charge in [0.15, 0.2) is 0 Å². The summed E-state index contributed by atoms with van der Waals surface area (Å²) in [6.07, 6.45) is 0. The number of hydrogen-bond acceptors (Lipinski definition) is 1. The van der Waals surface area contributed by atoms with Crippen LogP contribution >= 0.6 is 0 Å². The molecule has 0 amide bonds. The van der Waals surface area contributed by atoms with Crippen LogP contribution in [-0.4, -0.2) is 18.0 Å². The Kier molecular flexibility index (Phi) is 4.17. The Balaban J connectivity index is 3.89. The van der Waals surface area contributed by atoms with Crippen LogP contribution in [0.25, 0.3) is 0 Å². The maximum atomic E-state index is 4.02. The van der Waals surface area contributed by atoms with Gasteiger partial charge < -0.3 is 4.90 Å².